The van der Waals surface area contributed by atoms with Crippen LogP contribution in [0.25, 0.3) is 0 Å². The van der Waals surface area contributed by atoms with E-state index < -0.39 is 23.7 Å². The first kappa shape index (κ1) is 23.6. The van der Waals surface area contributed by atoms with Gasteiger partial charge in [0.2, 0.25) is 5.56 Å². The molecule has 178 valence electrons. The van der Waals surface area contributed by atoms with Crippen molar-refractivity contribution in [2.75, 3.05) is 12.4 Å². The molecule has 0 bridgehead atoms. The number of nitrogens with one attached hydrogen (secondary N) is 2. The maximum Gasteiger partial charge on any atom is 0.413 e. The molecule has 0 spiro atoms. The molecule has 2 aromatic carbocycles. The summed E-state index contributed by atoms with van der Waals surface area (Å²) in [5.41, 5.74) is 2.37. The van der Waals surface area contributed by atoms with Crippen LogP contribution in [-0.2, 0) is 11.8 Å². The van der Waals surface area contributed by atoms with Crippen molar-refractivity contribution in [3.8, 4) is 0 Å². The predicted molar refractivity (Wildman–Crippen MR) is 125 cm³/mol. The number of pyridine rings is 1. The molecule has 1 amide bonds. The first-order chi connectivity index (χ1) is 16.0. The number of carbonyl (C=O) groups excluding carboxylic acids is 1. The number of rotatable bonds is 5. The van der Waals surface area contributed by atoms with Crippen molar-refractivity contribution in [1.29, 1.82) is 0 Å². The number of H-pyrrole nitrogens is 1. The number of carbonyl (C=O) groups is 1. The molecule has 1 aromatic heterocycles. The molecule has 1 aliphatic rings. The van der Waals surface area contributed by atoms with Gasteiger partial charge in [-0.3, -0.25) is 9.59 Å². The van der Waals surface area contributed by atoms with Crippen LogP contribution in [0, 0.1) is 0 Å². The highest BCUT2D eigenvalue weighted by molar-refractivity contribution is 5.94. The Balaban J connectivity index is 1.56. The van der Waals surface area contributed by atoms with Crippen LogP contribution in [-0.4, -0.2) is 35.1 Å². The summed E-state index contributed by atoms with van der Waals surface area (Å²) in [7, 11) is 1.09. The third-order valence-electron chi connectivity index (χ3n) is 6.61. The zero-order chi connectivity index (χ0) is 24.7. The summed E-state index contributed by atoms with van der Waals surface area (Å²) >= 11 is 0. The Kier molecular flexibility index (Phi) is 6.02. The van der Waals surface area contributed by atoms with Crippen LogP contribution in [0.15, 0.2) is 71.7 Å². The lowest BCUT2D eigenvalue weighted by atomic mass is 9.83. The second kappa shape index (κ2) is 8.66. The number of anilines is 1. The third-order valence-corrected chi connectivity index (χ3v) is 6.61. The Morgan fingerprint density at radius 1 is 1.12 bits per heavy atom. The Bertz CT molecular complexity index is 1250. The van der Waals surface area contributed by atoms with Crippen molar-refractivity contribution >= 4 is 11.6 Å². The minimum absolute atomic E-state index is 0.0623. The fraction of sp³-hybridized carbons (Fsp3) is 0.308. The number of benzene rings is 2. The SMILES string of the molecule is CN(C(=O)c1cc[nH]c(=O)c1)C(c1ccc(NC2Cc3ccccc3C2(C)C)cc1)C(F)(F)F. The number of aromatic nitrogens is 1. The Hall–Kier alpha value is -3.55. The molecule has 0 aliphatic heterocycles. The first-order valence-corrected chi connectivity index (χ1v) is 11.0. The van der Waals surface area contributed by atoms with Crippen molar-refractivity contribution in [3.63, 3.8) is 0 Å². The average Bonchev–Trinajstić information content (AvgIpc) is 3.03. The van der Waals surface area contributed by atoms with E-state index in [1.165, 1.54) is 35.5 Å². The number of fused-ring (bicyclic) bond motifs is 1. The molecule has 0 saturated carbocycles. The monoisotopic (exact) mass is 469 g/mol. The molecule has 0 radical (unpaired) electrons. The number of hydrogen-bond donors (Lipinski definition) is 2. The van der Waals surface area contributed by atoms with Gasteiger partial charge in [0, 0.05) is 42.0 Å². The minimum atomic E-state index is -4.70. The van der Waals surface area contributed by atoms with Gasteiger partial charge >= 0.3 is 6.18 Å². The average molecular weight is 470 g/mol. The second-order valence-corrected chi connectivity index (χ2v) is 9.20. The van der Waals surface area contributed by atoms with E-state index in [1.807, 2.05) is 12.1 Å². The molecule has 2 N–H and O–H groups in total. The quantitative estimate of drug-likeness (QED) is 0.549. The van der Waals surface area contributed by atoms with Gasteiger partial charge in [-0.15, -0.1) is 0 Å². The smallest absolute Gasteiger partial charge is 0.381 e. The van der Waals surface area contributed by atoms with Gasteiger partial charge in [-0.05, 0) is 41.3 Å². The lowest BCUT2D eigenvalue weighted by Crippen LogP contribution is -2.40. The summed E-state index contributed by atoms with van der Waals surface area (Å²) in [6.45, 7) is 4.31. The Labute approximate surface area is 195 Å². The molecule has 2 unspecified atom stereocenters. The van der Waals surface area contributed by atoms with E-state index in [0.717, 1.165) is 19.5 Å². The number of halogens is 3. The van der Waals surface area contributed by atoms with Gasteiger partial charge < -0.3 is 15.2 Å². The molecule has 2 atom stereocenters. The van der Waals surface area contributed by atoms with Crippen molar-refractivity contribution in [2.24, 2.45) is 0 Å². The van der Waals surface area contributed by atoms with E-state index in [0.29, 0.717) is 10.6 Å². The van der Waals surface area contributed by atoms with Crippen LogP contribution in [0.1, 0.15) is 46.9 Å². The number of amides is 1. The first-order valence-electron chi connectivity index (χ1n) is 11.0. The van der Waals surface area contributed by atoms with Crippen LogP contribution >= 0.6 is 0 Å². The van der Waals surface area contributed by atoms with Crippen molar-refractivity contribution in [3.05, 3.63) is 99.5 Å². The third kappa shape index (κ3) is 4.44. The van der Waals surface area contributed by atoms with Gasteiger partial charge in [0.25, 0.3) is 5.91 Å². The number of alkyl halides is 3. The van der Waals surface area contributed by atoms with Gasteiger partial charge in [-0.25, -0.2) is 0 Å². The Morgan fingerprint density at radius 2 is 1.79 bits per heavy atom. The van der Waals surface area contributed by atoms with E-state index in [-0.39, 0.29) is 22.6 Å². The molecule has 4 rings (SSSR count). The van der Waals surface area contributed by atoms with E-state index >= 15 is 0 Å². The standard InChI is InChI=1S/C26H26F3N3O2/c1-25(2)20-7-5-4-6-17(20)14-21(25)31-19-10-8-16(9-11-19)23(26(27,28)29)32(3)24(34)18-12-13-30-22(33)15-18/h4-13,15,21,23,31H,14H2,1-3H3,(H,30,33). The fourth-order valence-electron chi connectivity index (χ4n) is 4.71. The highest BCUT2D eigenvalue weighted by Gasteiger charge is 2.45. The topological polar surface area (TPSA) is 65.2 Å². The normalized spacial score (nSPS) is 17.6. The summed E-state index contributed by atoms with van der Waals surface area (Å²) in [6.07, 6.45) is -2.64. The van der Waals surface area contributed by atoms with Crippen LogP contribution in [0.3, 0.4) is 0 Å². The lowest BCUT2D eigenvalue weighted by Gasteiger charge is -2.31. The zero-order valence-corrected chi connectivity index (χ0v) is 19.1. The van der Waals surface area contributed by atoms with E-state index in [1.54, 1.807) is 12.1 Å². The number of nitrogens with zero attached hydrogens (tertiary/aromatic N) is 1. The van der Waals surface area contributed by atoms with Crippen LogP contribution < -0.4 is 10.9 Å². The fourth-order valence-corrected chi connectivity index (χ4v) is 4.71. The molecule has 8 heteroatoms. The summed E-state index contributed by atoms with van der Waals surface area (Å²) in [6, 6.07) is 14.4. The lowest BCUT2D eigenvalue weighted by molar-refractivity contribution is -0.176. The molecular weight excluding hydrogens is 443 g/mol. The van der Waals surface area contributed by atoms with Crippen molar-refractivity contribution in [2.45, 2.75) is 43.9 Å². The number of aromatic amines is 1. The van der Waals surface area contributed by atoms with Crippen LogP contribution in [0.5, 0.6) is 0 Å². The van der Waals surface area contributed by atoms with Gasteiger partial charge in [-0.1, -0.05) is 50.2 Å². The highest BCUT2D eigenvalue weighted by atomic mass is 19.4. The Morgan fingerprint density at radius 3 is 2.41 bits per heavy atom. The van der Waals surface area contributed by atoms with Crippen LogP contribution in [0.2, 0.25) is 0 Å². The van der Waals surface area contributed by atoms with Gasteiger partial charge in [0.05, 0.1) is 0 Å². The van der Waals surface area contributed by atoms with Crippen molar-refractivity contribution < 1.29 is 18.0 Å². The highest BCUT2D eigenvalue weighted by Crippen LogP contribution is 2.41. The predicted octanol–water partition coefficient (Wildman–Crippen LogP) is 5.06. The van der Waals surface area contributed by atoms with E-state index in [9.17, 15) is 22.8 Å². The maximum absolute atomic E-state index is 14.0. The summed E-state index contributed by atoms with van der Waals surface area (Å²) in [4.78, 5) is 27.2. The van der Waals surface area contributed by atoms with Crippen molar-refractivity contribution in [1.82, 2.24) is 9.88 Å². The molecule has 1 heterocycles. The summed E-state index contributed by atoms with van der Waals surface area (Å²) < 4.78 is 42.0. The molecular formula is C26H26F3N3O2. The molecule has 0 saturated heterocycles. The molecule has 5 nitrogen and oxygen atoms in total. The molecule has 34 heavy (non-hydrogen) atoms. The molecule has 1 aliphatic carbocycles. The zero-order valence-electron chi connectivity index (χ0n) is 19.1. The minimum Gasteiger partial charge on any atom is -0.381 e. The van der Waals surface area contributed by atoms with Gasteiger partial charge in [-0.2, -0.15) is 13.2 Å². The number of hydrogen-bond acceptors (Lipinski definition) is 3. The summed E-state index contributed by atoms with van der Waals surface area (Å²) in [5, 5.41) is 3.47. The van der Waals surface area contributed by atoms with E-state index in [2.05, 4.69) is 36.3 Å². The molecule has 3 aromatic rings. The molecule has 0 fully saturated rings. The van der Waals surface area contributed by atoms with E-state index in [4.69, 9.17) is 0 Å². The second-order valence-electron chi connectivity index (χ2n) is 9.20. The van der Waals surface area contributed by atoms with Gasteiger partial charge in [0.15, 0.2) is 6.04 Å². The summed E-state index contributed by atoms with van der Waals surface area (Å²) in [5.74, 6) is -0.888. The van der Waals surface area contributed by atoms with Crippen LogP contribution in [0.4, 0.5) is 18.9 Å². The maximum atomic E-state index is 14.0. The van der Waals surface area contributed by atoms with Gasteiger partial charge in [0.1, 0.15) is 0 Å². The largest absolute Gasteiger partial charge is 0.413 e.